The van der Waals surface area contributed by atoms with E-state index in [0.717, 1.165) is 24.2 Å². The highest BCUT2D eigenvalue weighted by molar-refractivity contribution is 5.94. The van der Waals surface area contributed by atoms with Crippen LogP contribution in [0.25, 0.3) is 0 Å². The molecule has 0 aromatic rings. The third-order valence-electron chi connectivity index (χ3n) is 2.00. The molecule has 0 aromatic heterocycles. The zero-order valence-electron chi connectivity index (χ0n) is 7.05. The summed E-state index contributed by atoms with van der Waals surface area (Å²) in [5.74, 6) is 0.106. The molecule has 62 valence electrons. The first-order valence-corrected chi connectivity index (χ1v) is 3.78. The van der Waals surface area contributed by atoms with Crippen molar-refractivity contribution in [2.24, 2.45) is 5.73 Å². The van der Waals surface area contributed by atoms with Gasteiger partial charge in [0.1, 0.15) is 0 Å². The second-order valence-electron chi connectivity index (χ2n) is 3.05. The standard InChI is InChI=1S/C8H14N2O/c1-6(11)7-5-10(2)4-3-8(7)9/h3-5,9H2,1-2H3. The van der Waals surface area contributed by atoms with E-state index in [4.69, 9.17) is 5.73 Å². The first kappa shape index (κ1) is 8.27. The summed E-state index contributed by atoms with van der Waals surface area (Å²) in [4.78, 5) is 13.1. The monoisotopic (exact) mass is 154 g/mol. The number of carbonyl (C=O) groups excluding carboxylic acids is 1. The van der Waals surface area contributed by atoms with Gasteiger partial charge in [-0.25, -0.2) is 0 Å². The predicted molar refractivity (Wildman–Crippen MR) is 44.0 cm³/mol. The van der Waals surface area contributed by atoms with Crippen LogP contribution in [0.1, 0.15) is 13.3 Å². The van der Waals surface area contributed by atoms with Crippen molar-refractivity contribution in [2.75, 3.05) is 20.1 Å². The van der Waals surface area contributed by atoms with E-state index < -0.39 is 0 Å². The maximum atomic E-state index is 11.0. The van der Waals surface area contributed by atoms with Gasteiger partial charge in [0.2, 0.25) is 0 Å². The van der Waals surface area contributed by atoms with Gasteiger partial charge in [0, 0.05) is 30.8 Å². The summed E-state index contributed by atoms with van der Waals surface area (Å²) in [5, 5.41) is 0. The van der Waals surface area contributed by atoms with E-state index in [0.29, 0.717) is 6.54 Å². The highest BCUT2D eigenvalue weighted by Crippen LogP contribution is 2.12. The second kappa shape index (κ2) is 3.05. The summed E-state index contributed by atoms with van der Waals surface area (Å²) in [6.45, 7) is 3.24. The molecular weight excluding hydrogens is 140 g/mol. The molecule has 0 aromatic carbocycles. The number of Topliss-reactive ketones (excluding diaryl/α,β-unsaturated/α-hetero) is 1. The van der Waals surface area contributed by atoms with Gasteiger partial charge in [-0.05, 0) is 14.0 Å². The Morgan fingerprint density at radius 1 is 1.64 bits per heavy atom. The van der Waals surface area contributed by atoms with Gasteiger partial charge >= 0.3 is 0 Å². The molecule has 1 heterocycles. The van der Waals surface area contributed by atoms with E-state index in [2.05, 4.69) is 4.90 Å². The number of rotatable bonds is 1. The molecule has 3 heteroatoms. The number of hydrogen-bond acceptors (Lipinski definition) is 3. The van der Waals surface area contributed by atoms with E-state index in [-0.39, 0.29) is 5.78 Å². The Kier molecular flexibility index (Phi) is 2.29. The number of nitrogens with zero attached hydrogens (tertiary/aromatic N) is 1. The largest absolute Gasteiger partial charge is 0.402 e. The third-order valence-corrected chi connectivity index (χ3v) is 2.00. The topological polar surface area (TPSA) is 46.3 Å². The summed E-state index contributed by atoms with van der Waals surface area (Å²) in [6.07, 6.45) is 0.825. The maximum Gasteiger partial charge on any atom is 0.158 e. The smallest absolute Gasteiger partial charge is 0.158 e. The van der Waals surface area contributed by atoms with Crippen molar-refractivity contribution in [1.29, 1.82) is 0 Å². The van der Waals surface area contributed by atoms with Gasteiger partial charge in [0.15, 0.2) is 5.78 Å². The fourth-order valence-corrected chi connectivity index (χ4v) is 1.25. The van der Waals surface area contributed by atoms with E-state index >= 15 is 0 Å². The Morgan fingerprint density at radius 3 is 2.73 bits per heavy atom. The van der Waals surface area contributed by atoms with Gasteiger partial charge in [-0.2, -0.15) is 0 Å². The molecule has 0 amide bonds. The minimum absolute atomic E-state index is 0.106. The number of nitrogens with two attached hydrogens (primary N) is 1. The fraction of sp³-hybridized carbons (Fsp3) is 0.625. The molecule has 2 N–H and O–H groups in total. The van der Waals surface area contributed by atoms with Gasteiger partial charge in [-0.15, -0.1) is 0 Å². The van der Waals surface area contributed by atoms with E-state index in [1.54, 1.807) is 6.92 Å². The zero-order chi connectivity index (χ0) is 8.43. The van der Waals surface area contributed by atoms with Gasteiger partial charge in [0.05, 0.1) is 0 Å². The molecule has 1 rings (SSSR count). The first-order chi connectivity index (χ1) is 5.11. The predicted octanol–water partition coefficient (Wildman–Crippen LogP) is 0.124. The van der Waals surface area contributed by atoms with Crippen molar-refractivity contribution in [1.82, 2.24) is 4.90 Å². The molecule has 3 nitrogen and oxygen atoms in total. The highest BCUT2D eigenvalue weighted by Gasteiger charge is 2.16. The molecule has 11 heavy (non-hydrogen) atoms. The molecular formula is C8H14N2O. The molecule has 1 aliphatic heterocycles. The van der Waals surface area contributed by atoms with Gasteiger partial charge < -0.3 is 10.6 Å². The fourth-order valence-electron chi connectivity index (χ4n) is 1.25. The minimum atomic E-state index is 0.106. The van der Waals surface area contributed by atoms with Crippen molar-refractivity contribution in [3.63, 3.8) is 0 Å². The number of hydrogen-bond donors (Lipinski definition) is 1. The SMILES string of the molecule is CC(=O)C1=C(N)CCN(C)C1. The van der Waals surface area contributed by atoms with Crippen molar-refractivity contribution in [3.05, 3.63) is 11.3 Å². The zero-order valence-corrected chi connectivity index (χ0v) is 7.05. The van der Waals surface area contributed by atoms with E-state index in [9.17, 15) is 4.79 Å². The second-order valence-corrected chi connectivity index (χ2v) is 3.05. The molecule has 0 unspecified atom stereocenters. The molecule has 0 aliphatic carbocycles. The average Bonchev–Trinajstić information content (AvgIpc) is 1.94. The third kappa shape index (κ3) is 1.80. The van der Waals surface area contributed by atoms with Crippen LogP contribution in [0.15, 0.2) is 11.3 Å². The van der Waals surface area contributed by atoms with E-state index in [1.807, 2.05) is 7.05 Å². The van der Waals surface area contributed by atoms with Crippen LogP contribution < -0.4 is 5.73 Å². The van der Waals surface area contributed by atoms with Gasteiger partial charge in [-0.3, -0.25) is 4.79 Å². The lowest BCUT2D eigenvalue weighted by Crippen LogP contribution is -2.32. The summed E-state index contributed by atoms with van der Waals surface area (Å²) in [5.41, 5.74) is 7.24. The van der Waals surface area contributed by atoms with Crippen LogP contribution in [0.3, 0.4) is 0 Å². The van der Waals surface area contributed by atoms with Crippen LogP contribution in [0.5, 0.6) is 0 Å². The Bertz CT molecular complexity index is 208. The molecule has 0 fully saturated rings. The molecule has 0 radical (unpaired) electrons. The van der Waals surface area contributed by atoms with Gasteiger partial charge in [-0.1, -0.05) is 0 Å². The Labute approximate surface area is 66.9 Å². The molecule has 0 bridgehead atoms. The molecule has 0 saturated carbocycles. The summed E-state index contributed by atoms with van der Waals surface area (Å²) < 4.78 is 0. The molecule has 0 spiro atoms. The Balaban J connectivity index is 2.80. The van der Waals surface area contributed by atoms with Crippen molar-refractivity contribution in [2.45, 2.75) is 13.3 Å². The minimum Gasteiger partial charge on any atom is -0.402 e. The average molecular weight is 154 g/mol. The summed E-state index contributed by atoms with van der Waals surface area (Å²) >= 11 is 0. The van der Waals surface area contributed by atoms with Crippen molar-refractivity contribution in [3.8, 4) is 0 Å². The lowest BCUT2D eigenvalue weighted by molar-refractivity contribution is -0.114. The van der Waals surface area contributed by atoms with Crippen LogP contribution in [-0.2, 0) is 4.79 Å². The molecule has 0 atom stereocenters. The van der Waals surface area contributed by atoms with Gasteiger partial charge in [0.25, 0.3) is 0 Å². The first-order valence-electron chi connectivity index (χ1n) is 3.78. The van der Waals surface area contributed by atoms with Crippen LogP contribution in [0.2, 0.25) is 0 Å². The quantitative estimate of drug-likeness (QED) is 0.583. The molecule has 0 saturated heterocycles. The molecule has 1 aliphatic rings. The number of ketones is 1. The summed E-state index contributed by atoms with van der Waals surface area (Å²) in [6, 6.07) is 0. The van der Waals surface area contributed by atoms with Crippen LogP contribution in [-0.4, -0.2) is 30.8 Å². The number of carbonyl (C=O) groups is 1. The Hall–Kier alpha value is -0.830. The summed E-state index contributed by atoms with van der Waals surface area (Å²) in [7, 11) is 2.00. The van der Waals surface area contributed by atoms with Crippen molar-refractivity contribution < 1.29 is 4.79 Å². The lowest BCUT2D eigenvalue weighted by Gasteiger charge is -2.24. The Morgan fingerprint density at radius 2 is 2.27 bits per heavy atom. The highest BCUT2D eigenvalue weighted by atomic mass is 16.1. The van der Waals surface area contributed by atoms with Crippen molar-refractivity contribution >= 4 is 5.78 Å². The number of likely N-dealkylation sites (N-methyl/N-ethyl adjacent to an activating group) is 1. The lowest BCUT2D eigenvalue weighted by atomic mass is 10.0. The maximum absolute atomic E-state index is 11.0. The van der Waals surface area contributed by atoms with Crippen LogP contribution in [0.4, 0.5) is 0 Å². The van der Waals surface area contributed by atoms with Crippen LogP contribution in [0, 0.1) is 0 Å². The normalized spacial score (nSPS) is 20.5. The van der Waals surface area contributed by atoms with Crippen LogP contribution >= 0.6 is 0 Å². The van der Waals surface area contributed by atoms with E-state index in [1.165, 1.54) is 0 Å².